The molecule has 5 nitrogen and oxygen atoms in total. The zero-order valence-corrected chi connectivity index (χ0v) is 10.2. The van der Waals surface area contributed by atoms with Gasteiger partial charge in [0.2, 0.25) is 11.8 Å². The SMILES string of the molecule is CC(=O)NC1CCN(C(=O)COC(C)C)C1. The van der Waals surface area contributed by atoms with Crippen molar-refractivity contribution in [2.45, 2.75) is 39.3 Å². The summed E-state index contributed by atoms with van der Waals surface area (Å²) in [6, 6.07) is 0.0977. The first kappa shape index (κ1) is 13.0. The molecular formula is C11H20N2O3. The van der Waals surface area contributed by atoms with E-state index in [0.29, 0.717) is 13.1 Å². The molecule has 0 bridgehead atoms. The fraction of sp³-hybridized carbons (Fsp3) is 0.818. The lowest BCUT2D eigenvalue weighted by atomic mass is 10.3. The summed E-state index contributed by atoms with van der Waals surface area (Å²) < 4.78 is 5.25. The molecule has 1 saturated heterocycles. The number of hydrogen-bond acceptors (Lipinski definition) is 3. The van der Waals surface area contributed by atoms with Crippen LogP contribution in [0.5, 0.6) is 0 Å². The van der Waals surface area contributed by atoms with Crippen LogP contribution in [0.25, 0.3) is 0 Å². The first-order valence-corrected chi connectivity index (χ1v) is 5.65. The second-order valence-electron chi connectivity index (χ2n) is 4.39. The molecule has 0 aliphatic carbocycles. The van der Waals surface area contributed by atoms with E-state index in [-0.39, 0.29) is 30.6 Å². The predicted molar refractivity (Wildman–Crippen MR) is 59.9 cm³/mol. The van der Waals surface area contributed by atoms with Gasteiger partial charge in [0.15, 0.2) is 0 Å². The smallest absolute Gasteiger partial charge is 0.248 e. The van der Waals surface area contributed by atoms with Gasteiger partial charge in [-0.2, -0.15) is 0 Å². The van der Waals surface area contributed by atoms with Crippen molar-refractivity contribution in [3.63, 3.8) is 0 Å². The maximum absolute atomic E-state index is 11.7. The quantitative estimate of drug-likeness (QED) is 0.745. The van der Waals surface area contributed by atoms with Gasteiger partial charge in [-0.25, -0.2) is 0 Å². The lowest BCUT2D eigenvalue weighted by molar-refractivity contribution is -0.136. The van der Waals surface area contributed by atoms with Crippen LogP contribution < -0.4 is 5.32 Å². The molecule has 0 aromatic rings. The van der Waals surface area contributed by atoms with Gasteiger partial charge in [0.25, 0.3) is 0 Å². The normalized spacial score (nSPS) is 20.2. The monoisotopic (exact) mass is 228 g/mol. The minimum Gasteiger partial charge on any atom is -0.369 e. The molecule has 1 atom stereocenters. The molecule has 1 unspecified atom stereocenters. The summed E-state index contributed by atoms with van der Waals surface area (Å²) in [6.45, 7) is 6.72. The number of carbonyl (C=O) groups excluding carboxylic acids is 2. The molecule has 0 spiro atoms. The van der Waals surface area contributed by atoms with Crippen LogP contribution in [-0.2, 0) is 14.3 Å². The van der Waals surface area contributed by atoms with Crippen molar-refractivity contribution in [2.75, 3.05) is 19.7 Å². The number of ether oxygens (including phenoxy) is 1. The van der Waals surface area contributed by atoms with Crippen molar-refractivity contribution in [2.24, 2.45) is 0 Å². The molecule has 2 amide bonds. The summed E-state index contributed by atoms with van der Waals surface area (Å²) in [5.41, 5.74) is 0. The molecule has 0 aromatic carbocycles. The van der Waals surface area contributed by atoms with Crippen LogP contribution in [0.2, 0.25) is 0 Å². The summed E-state index contributed by atoms with van der Waals surface area (Å²) in [5.74, 6) is -0.0423. The van der Waals surface area contributed by atoms with Gasteiger partial charge in [-0.15, -0.1) is 0 Å². The minimum absolute atomic E-state index is 0.00144. The van der Waals surface area contributed by atoms with Crippen molar-refractivity contribution in [3.05, 3.63) is 0 Å². The Balaban J connectivity index is 2.29. The second kappa shape index (κ2) is 5.84. The molecule has 1 fully saturated rings. The number of amides is 2. The average Bonchev–Trinajstić information content (AvgIpc) is 2.61. The Labute approximate surface area is 96.1 Å². The van der Waals surface area contributed by atoms with Gasteiger partial charge < -0.3 is 15.0 Å². The van der Waals surface area contributed by atoms with Crippen LogP contribution in [0, 0.1) is 0 Å². The molecule has 92 valence electrons. The van der Waals surface area contributed by atoms with Gasteiger partial charge in [-0.3, -0.25) is 9.59 Å². The van der Waals surface area contributed by atoms with Crippen LogP contribution in [-0.4, -0.2) is 48.6 Å². The fourth-order valence-corrected chi connectivity index (χ4v) is 1.72. The van der Waals surface area contributed by atoms with Crippen molar-refractivity contribution in [1.29, 1.82) is 0 Å². The molecular weight excluding hydrogens is 208 g/mol. The maximum Gasteiger partial charge on any atom is 0.248 e. The van der Waals surface area contributed by atoms with Gasteiger partial charge >= 0.3 is 0 Å². The average molecular weight is 228 g/mol. The molecule has 16 heavy (non-hydrogen) atoms. The third-order valence-electron chi connectivity index (χ3n) is 2.49. The van der Waals surface area contributed by atoms with E-state index in [4.69, 9.17) is 4.74 Å². The Morgan fingerprint density at radius 2 is 2.19 bits per heavy atom. The molecule has 5 heteroatoms. The number of likely N-dealkylation sites (tertiary alicyclic amines) is 1. The summed E-state index contributed by atoms with van der Waals surface area (Å²) in [4.78, 5) is 24.3. The van der Waals surface area contributed by atoms with Crippen LogP contribution >= 0.6 is 0 Å². The number of hydrogen-bond donors (Lipinski definition) is 1. The highest BCUT2D eigenvalue weighted by atomic mass is 16.5. The van der Waals surface area contributed by atoms with E-state index in [1.165, 1.54) is 6.92 Å². The zero-order chi connectivity index (χ0) is 12.1. The molecule has 0 radical (unpaired) electrons. The molecule has 0 aromatic heterocycles. The van der Waals surface area contributed by atoms with Gasteiger partial charge in [0.1, 0.15) is 6.61 Å². The number of carbonyl (C=O) groups is 2. The number of nitrogens with zero attached hydrogens (tertiary/aromatic N) is 1. The minimum atomic E-state index is -0.0438. The summed E-state index contributed by atoms with van der Waals surface area (Å²) >= 11 is 0. The van der Waals surface area contributed by atoms with Gasteiger partial charge in [-0.05, 0) is 20.3 Å². The molecule has 1 aliphatic heterocycles. The van der Waals surface area contributed by atoms with Crippen LogP contribution in [0.4, 0.5) is 0 Å². The summed E-state index contributed by atoms with van der Waals surface area (Å²) in [7, 11) is 0. The maximum atomic E-state index is 11.7. The fourth-order valence-electron chi connectivity index (χ4n) is 1.72. The predicted octanol–water partition coefficient (Wildman–Crippen LogP) is 0.148. The molecule has 1 heterocycles. The number of nitrogens with one attached hydrogen (secondary N) is 1. The third-order valence-corrected chi connectivity index (χ3v) is 2.49. The molecule has 1 rings (SSSR count). The highest BCUT2D eigenvalue weighted by Crippen LogP contribution is 2.09. The number of rotatable bonds is 4. The van der Waals surface area contributed by atoms with E-state index in [2.05, 4.69) is 5.32 Å². The van der Waals surface area contributed by atoms with Crippen LogP contribution in [0.1, 0.15) is 27.2 Å². The van der Waals surface area contributed by atoms with Crippen molar-refractivity contribution < 1.29 is 14.3 Å². The van der Waals surface area contributed by atoms with Crippen molar-refractivity contribution in [3.8, 4) is 0 Å². The zero-order valence-electron chi connectivity index (χ0n) is 10.2. The highest BCUT2D eigenvalue weighted by molar-refractivity contribution is 5.78. The highest BCUT2D eigenvalue weighted by Gasteiger charge is 2.26. The third kappa shape index (κ3) is 4.18. The van der Waals surface area contributed by atoms with Crippen LogP contribution in [0.3, 0.4) is 0 Å². The Morgan fingerprint density at radius 3 is 2.75 bits per heavy atom. The van der Waals surface area contributed by atoms with Gasteiger partial charge in [0.05, 0.1) is 6.10 Å². The largest absolute Gasteiger partial charge is 0.369 e. The van der Waals surface area contributed by atoms with E-state index in [0.717, 1.165) is 6.42 Å². The standard InChI is InChI=1S/C11H20N2O3/c1-8(2)16-7-11(15)13-5-4-10(6-13)12-9(3)14/h8,10H,4-7H2,1-3H3,(H,12,14). The lowest BCUT2D eigenvalue weighted by Gasteiger charge is -2.17. The topological polar surface area (TPSA) is 58.6 Å². The van der Waals surface area contributed by atoms with E-state index in [1.807, 2.05) is 13.8 Å². The Hall–Kier alpha value is -1.10. The Bertz CT molecular complexity index is 266. The van der Waals surface area contributed by atoms with E-state index >= 15 is 0 Å². The Morgan fingerprint density at radius 1 is 1.50 bits per heavy atom. The lowest BCUT2D eigenvalue weighted by Crippen LogP contribution is -2.38. The van der Waals surface area contributed by atoms with Gasteiger partial charge in [0, 0.05) is 26.1 Å². The summed E-state index contributed by atoms with van der Waals surface area (Å²) in [5, 5.41) is 2.82. The molecule has 1 aliphatic rings. The molecule has 1 N–H and O–H groups in total. The van der Waals surface area contributed by atoms with E-state index < -0.39 is 0 Å². The van der Waals surface area contributed by atoms with E-state index in [9.17, 15) is 9.59 Å². The van der Waals surface area contributed by atoms with Crippen molar-refractivity contribution >= 4 is 11.8 Å². The summed E-state index contributed by atoms with van der Waals surface area (Å²) in [6.07, 6.45) is 0.894. The Kier molecular flexibility index (Phi) is 4.73. The van der Waals surface area contributed by atoms with E-state index in [1.54, 1.807) is 4.90 Å². The van der Waals surface area contributed by atoms with Crippen LogP contribution in [0.15, 0.2) is 0 Å². The first-order chi connectivity index (χ1) is 7.49. The molecule has 0 saturated carbocycles. The second-order valence-corrected chi connectivity index (χ2v) is 4.39. The van der Waals surface area contributed by atoms with Crippen molar-refractivity contribution in [1.82, 2.24) is 10.2 Å². The first-order valence-electron chi connectivity index (χ1n) is 5.65. The van der Waals surface area contributed by atoms with Gasteiger partial charge in [-0.1, -0.05) is 0 Å².